The number of pyridine rings is 1. The van der Waals surface area contributed by atoms with Crippen molar-refractivity contribution in [1.29, 1.82) is 0 Å². The Bertz CT molecular complexity index is 1460. The minimum Gasteiger partial charge on any atom is -0.339 e. The van der Waals surface area contributed by atoms with Gasteiger partial charge in [-0.3, -0.25) is 9.59 Å². The highest BCUT2D eigenvalue weighted by Gasteiger charge is 2.41. The molecule has 4 rings (SSSR count). The number of carbonyl (C=O) groups excluding carboxylic acids is 2. The first kappa shape index (κ1) is 22.1. The van der Waals surface area contributed by atoms with E-state index in [1.165, 1.54) is 37.5 Å². The SMILES string of the molecule is CNC(=O)n1nc(NC(=O)c2cnn(-c3cccc4c(=O)[nH]ccc34)c2C(F)(F)F)cc1Cl. The van der Waals surface area contributed by atoms with Crippen LogP contribution in [0.15, 0.2) is 47.5 Å². The molecule has 14 heteroatoms. The molecule has 0 aliphatic rings. The zero-order chi connectivity index (χ0) is 23.9. The summed E-state index contributed by atoms with van der Waals surface area (Å²) < 4.78 is 43.3. The van der Waals surface area contributed by atoms with Crippen molar-refractivity contribution in [3.8, 4) is 5.69 Å². The van der Waals surface area contributed by atoms with Gasteiger partial charge in [-0.2, -0.15) is 23.0 Å². The minimum atomic E-state index is -4.98. The standard InChI is InChI=1S/C19H13ClF3N7O3/c1-24-18(33)30-13(20)7-14(28-30)27-17(32)11-8-26-29(15(11)19(21,22)23)12-4-2-3-10-9(12)5-6-25-16(10)31/h2-8H,1H3,(H,24,33)(H,25,31)(H,27,28,32). The lowest BCUT2D eigenvalue weighted by atomic mass is 10.1. The minimum absolute atomic E-state index is 0.0445. The molecule has 0 aliphatic carbocycles. The lowest BCUT2D eigenvalue weighted by molar-refractivity contribution is -0.143. The molecule has 0 fully saturated rings. The smallest absolute Gasteiger partial charge is 0.339 e. The van der Waals surface area contributed by atoms with E-state index < -0.39 is 34.9 Å². The van der Waals surface area contributed by atoms with Crippen molar-refractivity contribution in [1.82, 2.24) is 29.9 Å². The molecule has 0 saturated carbocycles. The van der Waals surface area contributed by atoms with E-state index in [2.05, 4.69) is 25.8 Å². The van der Waals surface area contributed by atoms with Gasteiger partial charge < -0.3 is 15.6 Å². The van der Waals surface area contributed by atoms with Crippen molar-refractivity contribution in [2.24, 2.45) is 0 Å². The van der Waals surface area contributed by atoms with E-state index >= 15 is 0 Å². The average molecular weight is 480 g/mol. The van der Waals surface area contributed by atoms with Crippen molar-refractivity contribution >= 4 is 40.1 Å². The first-order chi connectivity index (χ1) is 15.6. The van der Waals surface area contributed by atoms with Gasteiger partial charge >= 0.3 is 12.2 Å². The van der Waals surface area contributed by atoms with Gasteiger partial charge in [0.15, 0.2) is 11.5 Å². The molecule has 10 nitrogen and oxygen atoms in total. The van der Waals surface area contributed by atoms with Gasteiger partial charge in [-0.1, -0.05) is 17.7 Å². The molecule has 0 radical (unpaired) electrons. The summed E-state index contributed by atoms with van der Waals surface area (Å²) >= 11 is 5.87. The fourth-order valence-electron chi connectivity index (χ4n) is 3.21. The van der Waals surface area contributed by atoms with Crippen LogP contribution in [-0.4, -0.2) is 43.5 Å². The normalized spacial score (nSPS) is 11.5. The largest absolute Gasteiger partial charge is 0.434 e. The van der Waals surface area contributed by atoms with Gasteiger partial charge in [0.05, 0.1) is 17.4 Å². The Morgan fingerprint density at radius 1 is 1.18 bits per heavy atom. The number of aromatic amines is 1. The number of nitrogens with zero attached hydrogens (tertiary/aromatic N) is 4. The van der Waals surface area contributed by atoms with E-state index in [1.807, 2.05) is 0 Å². The van der Waals surface area contributed by atoms with E-state index in [-0.39, 0.29) is 27.4 Å². The van der Waals surface area contributed by atoms with E-state index in [9.17, 15) is 27.6 Å². The van der Waals surface area contributed by atoms with Crippen LogP contribution in [0, 0.1) is 0 Å². The topological polar surface area (TPSA) is 127 Å². The zero-order valence-corrected chi connectivity index (χ0v) is 17.3. The third kappa shape index (κ3) is 3.93. The maximum atomic E-state index is 14.0. The van der Waals surface area contributed by atoms with Gasteiger partial charge in [-0.25, -0.2) is 9.48 Å². The first-order valence-electron chi connectivity index (χ1n) is 9.17. The number of fused-ring (bicyclic) bond motifs is 1. The number of halogens is 4. The van der Waals surface area contributed by atoms with Gasteiger partial charge in [0.1, 0.15) is 5.15 Å². The van der Waals surface area contributed by atoms with Gasteiger partial charge in [-0.05, 0) is 18.2 Å². The molecule has 3 heterocycles. The molecule has 0 unspecified atom stereocenters. The van der Waals surface area contributed by atoms with Crippen LogP contribution in [0.5, 0.6) is 0 Å². The van der Waals surface area contributed by atoms with Crippen LogP contribution in [0.25, 0.3) is 16.5 Å². The molecule has 4 aromatic rings. The molecule has 3 aromatic heterocycles. The van der Waals surface area contributed by atoms with Gasteiger partial charge in [-0.15, -0.1) is 5.10 Å². The highest BCUT2D eigenvalue weighted by atomic mass is 35.5. The molecule has 3 N–H and O–H groups in total. The highest BCUT2D eigenvalue weighted by molar-refractivity contribution is 6.30. The highest BCUT2D eigenvalue weighted by Crippen LogP contribution is 2.35. The molecule has 0 bridgehead atoms. The average Bonchev–Trinajstić information content (AvgIpc) is 3.37. The number of hydrogen-bond donors (Lipinski definition) is 3. The van der Waals surface area contributed by atoms with Crippen LogP contribution in [0.1, 0.15) is 16.1 Å². The Labute approximate surface area is 187 Å². The fraction of sp³-hybridized carbons (Fsp3) is 0.105. The van der Waals surface area contributed by atoms with Crippen molar-refractivity contribution < 1.29 is 22.8 Å². The number of hydrogen-bond acceptors (Lipinski definition) is 5. The molecular weight excluding hydrogens is 467 g/mol. The lowest BCUT2D eigenvalue weighted by Crippen LogP contribution is -2.26. The van der Waals surface area contributed by atoms with Crippen molar-refractivity contribution in [3.63, 3.8) is 0 Å². The third-order valence-electron chi connectivity index (χ3n) is 4.62. The van der Waals surface area contributed by atoms with Crippen LogP contribution >= 0.6 is 11.6 Å². The first-order valence-corrected chi connectivity index (χ1v) is 9.54. The Morgan fingerprint density at radius 2 is 1.94 bits per heavy atom. The van der Waals surface area contributed by atoms with E-state index in [0.717, 1.165) is 16.9 Å². The maximum absolute atomic E-state index is 14.0. The predicted octanol–water partition coefficient (Wildman–Crippen LogP) is 3.02. The third-order valence-corrected chi connectivity index (χ3v) is 4.89. The summed E-state index contributed by atoms with van der Waals surface area (Å²) in [5.41, 5.74) is -2.69. The van der Waals surface area contributed by atoms with E-state index in [1.54, 1.807) is 0 Å². The summed E-state index contributed by atoms with van der Waals surface area (Å²) in [6, 6.07) is 6.02. The number of anilines is 1. The molecule has 2 amide bonds. The summed E-state index contributed by atoms with van der Waals surface area (Å²) in [5, 5.41) is 12.1. The summed E-state index contributed by atoms with van der Waals surface area (Å²) in [5.74, 6) is -1.42. The summed E-state index contributed by atoms with van der Waals surface area (Å²) in [6.45, 7) is 0. The fourth-order valence-corrected chi connectivity index (χ4v) is 3.43. The van der Waals surface area contributed by atoms with Crippen LogP contribution in [0.4, 0.5) is 23.8 Å². The monoisotopic (exact) mass is 479 g/mol. The van der Waals surface area contributed by atoms with Crippen LogP contribution in [0.3, 0.4) is 0 Å². The maximum Gasteiger partial charge on any atom is 0.434 e. The molecule has 0 atom stereocenters. The molecule has 0 aliphatic heterocycles. The van der Waals surface area contributed by atoms with Crippen molar-refractivity contribution in [3.05, 3.63) is 69.5 Å². The van der Waals surface area contributed by atoms with Gasteiger partial charge in [0, 0.05) is 30.1 Å². The second kappa shape index (κ2) is 8.09. The quantitative estimate of drug-likeness (QED) is 0.416. The number of benzene rings is 1. The number of rotatable bonds is 3. The van der Waals surface area contributed by atoms with E-state index in [4.69, 9.17) is 11.6 Å². The Balaban J connectivity index is 1.80. The Hall–Kier alpha value is -4.13. The number of H-pyrrole nitrogens is 1. The summed E-state index contributed by atoms with van der Waals surface area (Å²) in [6.07, 6.45) is -2.93. The number of carbonyl (C=O) groups is 2. The number of aromatic nitrogens is 5. The van der Waals surface area contributed by atoms with E-state index in [0.29, 0.717) is 4.68 Å². The molecule has 33 heavy (non-hydrogen) atoms. The van der Waals surface area contributed by atoms with Crippen LogP contribution < -0.4 is 16.2 Å². The Morgan fingerprint density at radius 3 is 2.64 bits per heavy atom. The number of amides is 2. The summed E-state index contributed by atoms with van der Waals surface area (Å²) in [7, 11) is 1.32. The van der Waals surface area contributed by atoms with Crippen LogP contribution in [0.2, 0.25) is 5.15 Å². The van der Waals surface area contributed by atoms with Gasteiger partial charge in [0.25, 0.3) is 11.5 Å². The number of nitrogens with one attached hydrogen (secondary N) is 3. The van der Waals surface area contributed by atoms with Gasteiger partial charge in [0.2, 0.25) is 0 Å². The summed E-state index contributed by atoms with van der Waals surface area (Å²) in [4.78, 5) is 38.9. The second-order valence-electron chi connectivity index (χ2n) is 6.63. The lowest BCUT2D eigenvalue weighted by Gasteiger charge is -2.14. The second-order valence-corrected chi connectivity index (χ2v) is 7.02. The van der Waals surface area contributed by atoms with Crippen molar-refractivity contribution in [2.75, 3.05) is 12.4 Å². The molecular formula is C19H13ClF3N7O3. The van der Waals surface area contributed by atoms with Crippen LogP contribution in [-0.2, 0) is 6.18 Å². The molecule has 0 saturated heterocycles. The molecule has 170 valence electrons. The molecule has 1 aromatic carbocycles. The number of alkyl halides is 3. The molecule has 0 spiro atoms. The van der Waals surface area contributed by atoms with Crippen molar-refractivity contribution in [2.45, 2.75) is 6.18 Å². The Kier molecular flexibility index (Phi) is 5.41. The zero-order valence-electron chi connectivity index (χ0n) is 16.6. The predicted molar refractivity (Wildman–Crippen MR) is 112 cm³/mol.